The van der Waals surface area contributed by atoms with Crippen LogP contribution in [0.15, 0.2) is 18.5 Å². The van der Waals surface area contributed by atoms with Crippen molar-refractivity contribution >= 4 is 17.8 Å². The van der Waals surface area contributed by atoms with E-state index >= 15 is 0 Å². The number of nitrogens with one attached hydrogen (secondary N) is 2. The summed E-state index contributed by atoms with van der Waals surface area (Å²) in [6.07, 6.45) is 8.76. The average Bonchev–Trinajstić information content (AvgIpc) is 2.59. The van der Waals surface area contributed by atoms with E-state index in [0.717, 1.165) is 51.1 Å². The first-order chi connectivity index (χ1) is 11.6. The highest BCUT2D eigenvalue weighted by Gasteiger charge is 2.22. The minimum absolute atomic E-state index is 0.00279. The molecule has 0 saturated carbocycles. The molecule has 1 aromatic heterocycles. The van der Waals surface area contributed by atoms with Gasteiger partial charge in [-0.1, -0.05) is 6.42 Å². The van der Waals surface area contributed by atoms with Crippen LogP contribution in [0.3, 0.4) is 0 Å². The Balaban J connectivity index is 1.63. The van der Waals surface area contributed by atoms with Crippen molar-refractivity contribution in [2.75, 3.05) is 24.5 Å². The van der Waals surface area contributed by atoms with Gasteiger partial charge in [0.15, 0.2) is 0 Å². The van der Waals surface area contributed by atoms with Crippen LogP contribution in [-0.4, -0.2) is 47.5 Å². The molecule has 1 fully saturated rings. The highest BCUT2D eigenvalue weighted by molar-refractivity contribution is 5.76. The highest BCUT2D eigenvalue weighted by Crippen LogP contribution is 2.15. The molecule has 1 saturated heterocycles. The fourth-order valence-corrected chi connectivity index (χ4v) is 2.88. The summed E-state index contributed by atoms with van der Waals surface area (Å²) >= 11 is 0. The molecule has 2 N–H and O–H groups in total. The number of amides is 2. The Kier molecular flexibility index (Phi) is 7.45. The van der Waals surface area contributed by atoms with Crippen LogP contribution in [0.2, 0.25) is 0 Å². The summed E-state index contributed by atoms with van der Waals surface area (Å²) in [5.74, 6) is 0.835. The van der Waals surface area contributed by atoms with Crippen molar-refractivity contribution in [1.29, 1.82) is 0 Å². The molecule has 1 aliphatic heterocycles. The maximum atomic E-state index is 12.1. The summed E-state index contributed by atoms with van der Waals surface area (Å²) in [4.78, 5) is 33.5. The Morgan fingerprint density at radius 2 is 2.04 bits per heavy atom. The van der Waals surface area contributed by atoms with Crippen molar-refractivity contribution in [3.05, 3.63) is 18.5 Å². The lowest BCUT2D eigenvalue weighted by molar-refractivity contribution is -0.122. The molecule has 2 amide bonds. The molecule has 1 unspecified atom stereocenters. The zero-order valence-electron chi connectivity index (χ0n) is 14.3. The number of unbranched alkanes of at least 4 members (excludes halogenated alkanes) is 2. The lowest BCUT2D eigenvalue weighted by Gasteiger charge is -2.33. The summed E-state index contributed by atoms with van der Waals surface area (Å²) in [7, 11) is 0. The van der Waals surface area contributed by atoms with E-state index in [1.807, 2.05) is 0 Å². The lowest BCUT2D eigenvalue weighted by atomic mass is 10.1. The number of rotatable bonds is 8. The van der Waals surface area contributed by atoms with Crippen LogP contribution >= 0.6 is 0 Å². The molecule has 0 radical (unpaired) electrons. The van der Waals surface area contributed by atoms with Crippen LogP contribution in [0.4, 0.5) is 5.95 Å². The quantitative estimate of drug-likeness (QED) is 0.699. The van der Waals surface area contributed by atoms with Crippen LogP contribution < -0.4 is 15.5 Å². The largest absolute Gasteiger partial charge is 0.356 e. The van der Waals surface area contributed by atoms with Crippen molar-refractivity contribution in [1.82, 2.24) is 20.6 Å². The number of anilines is 1. The molecule has 1 aliphatic rings. The Morgan fingerprint density at radius 3 is 2.79 bits per heavy atom. The second-order valence-electron chi connectivity index (χ2n) is 6.20. The third-order valence-electron chi connectivity index (χ3n) is 4.08. The predicted molar refractivity (Wildman–Crippen MR) is 92.6 cm³/mol. The first-order valence-corrected chi connectivity index (χ1v) is 8.71. The van der Waals surface area contributed by atoms with Crippen molar-refractivity contribution in [2.24, 2.45) is 0 Å². The van der Waals surface area contributed by atoms with Crippen LogP contribution in [0.1, 0.15) is 45.4 Å². The third-order valence-corrected chi connectivity index (χ3v) is 4.08. The van der Waals surface area contributed by atoms with E-state index in [1.165, 1.54) is 6.92 Å². The second kappa shape index (κ2) is 9.85. The molecule has 0 spiro atoms. The molecular formula is C17H27N5O2. The Labute approximate surface area is 143 Å². The van der Waals surface area contributed by atoms with E-state index in [2.05, 4.69) is 25.5 Å². The SMILES string of the molecule is CC(=O)NCCCCCC(=O)NC1CCCN(c2ncccn2)C1. The maximum Gasteiger partial charge on any atom is 0.225 e. The summed E-state index contributed by atoms with van der Waals surface area (Å²) in [5.41, 5.74) is 0. The fraction of sp³-hybridized carbons (Fsp3) is 0.647. The standard InChI is InChI=1S/C17H27N5O2/c1-14(23)18-9-4-2-3-8-16(24)21-15-7-5-12-22(13-15)17-19-10-6-11-20-17/h6,10-11,15H,2-5,7-9,12-13H2,1H3,(H,18,23)(H,21,24). The highest BCUT2D eigenvalue weighted by atomic mass is 16.2. The van der Waals surface area contributed by atoms with Crippen LogP contribution in [-0.2, 0) is 9.59 Å². The molecule has 7 heteroatoms. The van der Waals surface area contributed by atoms with Crippen LogP contribution in [0.25, 0.3) is 0 Å². The maximum absolute atomic E-state index is 12.1. The summed E-state index contributed by atoms with van der Waals surface area (Å²) in [6.45, 7) is 3.89. The number of aromatic nitrogens is 2. The van der Waals surface area contributed by atoms with Gasteiger partial charge in [0, 0.05) is 51.4 Å². The summed E-state index contributed by atoms with van der Waals surface area (Å²) < 4.78 is 0. The van der Waals surface area contributed by atoms with Gasteiger partial charge in [-0.15, -0.1) is 0 Å². The number of piperidine rings is 1. The number of carbonyl (C=O) groups is 2. The van der Waals surface area contributed by atoms with Crippen molar-refractivity contribution in [3.63, 3.8) is 0 Å². The second-order valence-corrected chi connectivity index (χ2v) is 6.20. The Hall–Kier alpha value is -2.18. The molecule has 0 aliphatic carbocycles. The number of carbonyl (C=O) groups excluding carboxylic acids is 2. The van der Waals surface area contributed by atoms with E-state index in [9.17, 15) is 9.59 Å². The normalized spacial score (nSPS) is 17.4. The Morgan fingerprint density at radius 1 is 1.25 bits per heavy atom. The first kappa shape index (κ1) is 18.2. The number of hydrogen-bond donors (Lipinski definition) is 2. The van der Waals surface area contributed by atoms with Gasteiger partial charge in [-0.2, -0.15) is 0 Å². The zero-order chi connectivity index (χ0) is 17.2. The number of nitrogens with zero attached hydrogens (tertiary/aromatic N) is 3. The molecule has 2 rings (SSSR count). The molecule has 7 nitrogen and oxygen atoms in total. The van der Waals surface area contributed by atoms with E-state index in [-0.39, 0.29) is 17.9 Å². The topological polar surface area (TPSA) is 87.2 Å². The smallest absolute Gasteiger partial charge is 0.225 e. The van der Waals surface area contributed by atoms with E-state index < -0.39 is 0 Å². The molecular weight excluding hydrogens is 306 g/mol. The van der Waals surface area contributed by atoms with Gasteiger partial charge in [0.2, 0.25) is 17.8 Å². The molecule has 0 aromatic carbocycles. The minimum atomic E-state index is -0.00279. The zero-order valence-corrected chi connectivity index (χ0v) is 14.3. The molecule has 0 bridgehead atoms. The van der Waals surface area contributed by atoms with Crippen molar-refractivity contribution in [2.45, 2.75) is 51.5 Å². The summed E-state index contributed by atoms with van der Waals surface area (Å²) in [6, 6.07) is 1.97. The third kappa shape index (κ3) is 6.52. The molecule has 132 valence electrons. The predicted octanol–water partition coefficient (Wildman–Crippen LogP) is 1.26. The lowest BCUT2D eigenvalue weighted by Crippen LogP contribution is -2.48. The van der Waals surface area contributed by atoms with Crippen LogP contribution in [0, 0.1) is 0 Å². The van der Waals surface area contributed by atoms with Gasteiger partial charge < -0.3 is 15.5 Å². The summed E-state index contributed by atoms with van der Waals surface area (Å²) in [5, 5.41) is 5.88. The van der Waals surface area contributed by atoms with E-state index in [1.54, 1.807) is 18.5 Å². The van der Waals surface area contributed by atoms with E-state index in [4.69, 9.17) is 0 Å². The molecule has 2 heterocycles. The van der Waals surface area contributed by atoms with Gasteiger partial charge in [-0.05, 0) is 31.7 Å². The molecule has 1 aromatic rings. The van der Waals surface area contributed by atoms with Gasteiger partial charge in [-0.25, -0.2) is 9.97 Å². The fourth-order valence-electron chi connectivity index (χ4n) is 2.88. The van der Waals surface area contributed by atoms with Crippen molar-refractivity contribution in [3.8, 4) is 0 Å². The molecule has 1 atom stereocenters. The monoisotopic (exact) mass is 333 g/mol. The van der Waals surface area contributed by atoms with Crippen LogP contribution in [0.5, 0.6) is 0 Å². The minimum Gasteiger partial charge on any atom is -0.356 e. The van der Waals surface area contributed by atoms with Gasteiger partial charge in [0.1, 0.15) is 0 Å². The average molecular weight is 333 g/mol. The Bertz CT molecular complexity index is 523. The van der Waals surface area contributed by atoms with Gasteiger partial charge in [0.05, 0.1) is 0 Å². The van der Waals surface area contributed by atoms with Crippen molar-refractivity contribution < 1.29 is 9.59 Å². The van der Waals surface area contributed by atoms with Gasteiger partial charge in [0.25, 0.3) is 0 Å². The number of hydrogen-bond acceptors (Lipinski definition) is 5. The van der Waals surface area contributed by atoms with Gasteiger partial charge >= 0.3 is 0 Å². The molecule has 24 heavy (non-hydrogen) atoms. The van der Waals surface area contributed by atoms with Gasteiger partial charge in [-0.3, -0.25) is 9.59 Å². The first-order valence-electron chi connectivity index (χ1n) is 8.71. The van der Waals surface area contributed by atoms with E-state index in [0.29, 0.717) is 13.0 Å².